The number of hydrogen-bond donors (Lipinski definition) is 1. The van der Waals surface area contributed by atoms with Crippen molar-refractivity contribution in [3.63, 3.8) is 0 Å². The Hall–Kier alpha value is -1.79. The summed E-state index contributed by atoms with van der Waals surface area (Å²) in [6.07, 6.45) is 2.96. The van der Waals surface area contributed by atoms with E-state index in [2.05, 4.69) is 16.3 Å². The number of nitrogens with one attached hydrogen (secondary N) is 1. The molecule has 6 nitrogen and oxygen atoms in total. The zero-order valence-corrected chi connectivity index (χ0v) is 17.9. The van der Waals surface area contributed by atoms with Gasteiger partial charge in [-0.15, -0.1) is 0 Å². The molecular formula is C23H35N3O3. The van der Waals surface area contributed by atoms with Crippen LogP contribution in [0.3, 0.4) is 0 Å². The fourth-order valence-corrected chi connectivity index (χ4v) is 5.36. The summed E-state index contributed by atoms with van der Waals surface area (Å²) in [7, 11) is -2.47. The maximum Gasteiger partial charge on any atom is 0.410 e. The van der Waals surface area contributed by atoms with Crippen LogP contribution in [0.5, 0.6) is 5.75 Å². The van der Waals surface area contributed by atoms with Crippen molar-refractivity contribution in [2.45, 2.75) is 76.7 Å². The molecule has 0 aromatic heterocycles. The Morgan fingerprint density at radius 1 is 1.21 bits per heavy atom. The van der Waals surface area contributed by atoms with Gasteiger partial charge in [-0.3, -0.25) is 4.90 Å². The highest BCUT2D eigenvalue weighted by Gasteiger charge is 2.48. The molecule has 1 amide bonds. The third-order valence-electron chi connectivity index (χ3n) is 6.53. The second kappa shape index (κ2) is 7.80. The molecule has 0 saturated carbocycles. The van der Waals surface area contributed by atoms with Crippen LogP contribution in [0.1, 0.15) is 61.3 Å². The quantitative estimate of drug-likeness (QED) is 0.836. The molecule has 3 fully saturated rings. The predicted octanol–water partition coefficient (Wildman–Crippen LogP) is 3.49. The average Bonchev–Trinajstić information content (AvgIpc) is 3.22. The molecule has 2 unspecified atom stereocenters. The molecule has 4 atom stereocenters. The summed E-state index contributed by atoms with van der Waals surface area (Å²) in [6, 6.07) is 6.69. The van der Waals surface area contributed by atoms with Gasteiger partial charge in [-0.1, -0.05) is 12.1 Å². The molecule has 1 aromatic rings. The molecule has 2 bridgehead atoms. The van der Waals surface area contributed by atoms with E-state index < -0.39 is 12.6 Å². The van der Waals surface area contributed by atoms with Crippen LogP contribution in [-0.4, -0.2) is 66.3 Å². The van der Waals surface area contributed by atoms with Crippen LogP contribution in [-0.2, 0) is 4.74 Å². The number of ether oxygens (including phenoxy) is 2. The first kappa shape index (κ1) is 16.9. The topological polar surface area (TPSA) is 54.0 Å². The molecule has 0 radical (unpaired) electrons. The van der Waals surface area contributed by atoms with Crippen LogP contribution in [0.15, 0.2) is 18.2 Å². The van der Waals surface area contributed by atoms with Crippen molar-refractivity contribution >= 4 is 6.09 Å². The van der Waals surface area contributed by atoms with Crippen LogP contribution < -0.4 is 10.1 Å². The average molecular weight is 405 g/mol. The van der Waals surface area contributed by atoms with E-state index in [0.29, 0.717) is 37.0 Å². The summed E-state index contributed by atoms with van der Waals surface area (Å²) in [5.41, 5.74) is 1.46. The minimum absolute atomic E-state index is 0.103. The number of rotatable bonds is 3. The number of likely N-dealkylation sites (tertiary alicyclic amines) is 1. The fourth-order valence-electron chi connectivity index (χ4n) is 5.36. The lowest BCUT2D eigenvalue weighted by molar-refractivity contribution is -0.00977. The van der Waals surface area contributed by atoms with Gasteiger partial charge in [0, 0.05) is 37.3 Å². The van der Waals surface area contributed by atoms with E-state index in [1.54, 1.807) is 6.07 Å². The Bertz CT molecular complexity index is 841. The normalized spacial score (nSPS) is 31.9. The Morgan fingerprint density at radius 3 is 2.59 bits per heavy atom. The van der Waals surface area contributed by atoms with Gasteiger partial charge in [0.15, 0.2) is 0 Å². The minimum atomic E-state index is -2.47. The number of hydrogen-bond acceptors (Lipinski definition) is 5. The molecule has 3 saturated heterocycles. The maximum atomic E-state index is 12.7. The smallest absolute Gasteiger partial charge is 0.410 e. The number of fused-ring (bicyclic) bond motifs is 2. The monoisotopic (exact) mass is 404 g/mol. The standard InChI is InChI=1S/C23H35N3O3/c1-15-18(7-6-8-20(15)28-5)21-19(11-12-24-21)26-16-9-10-17(26)14-25(13-16)22(27)29-23(2,3)4/h6-8,16-17,19,21,24H,9-14H2,1-5H3/t16?,17?,19-,21-/m1/s1/i5D3. The second-order valence-electron chi connectivity index (χ2n) is 9.58. The summed E-state index contributed by atoms with van der Waals surface area (Å²) in [5.74, 6) is 0.410. The highest BCUT2D eigenvalue weighted by Crippen LogP contribution is 2.40. The molecule has 0 spiro atoms. The van der Waals surface area contributed by atoms with Crippen molar-refractivity contribution in [2.75, 3.05) is 26.7 Å². The zero-order valence-electron chi connectivity index (χ0n) is 20.9. The van der Waals surface area contributed by atoms with Crippen LogP contribution >= 0.6 is 0 Å². The fraction of sp³-hybridized carbons (Fsp3) is 0.696. The molecule has 4 rings (SSSR count). The maximum absolute atomic E-state index is 12.7. The molecule has 1 N–H and O–H groups in total. The zero-order chi connectivity index (χ0) is 23.3. The molecule has 29 heavy (non-hydrogen) atoms. The van der Waals surface area contributed by atoms with E-state index in [4.69, 9.17) is 13.6 Å². The Morgan fingerprint density at radius 2 is 1.93 bits per heavy atom. The third kappa shape index (κ3) is 3.97. The molecule has 6 heteroatoms. The van der Waals surface area contributed by atoms with Crippen molar-refractivity contribution in [2.24, 2.45) is 0 Å². The molecule has 3 aliphatic heterocycles. The number of methoxy groups -OCH3 is 1. The first-order valence-corrected chi connectivity index (χ1v) is 10.7. The lowest BCUT2D eigenvalue weighted by Crippen LogP contribution is -2.59. The van der Waals surface area contributed by atoms with Gasteiger partial charge in [0.2, 0.25) is 0 Å². The Labute approximate surface area is 178 Å². The van der Waals surface area contributed by atoms with Crippen molar-refractivity contribution in [3.05, 3.63) is 29.3 Å². The summed E-state index contributed by atoms with van der Waals surface area (Å²) in [6.45, 7) is 9.92. The number of piperazine rings is 1. The molecule has 160 valence electrons. The lowest BCUT2D eigenvalue weighted by atomic mass is 9.93. The molecule has 0 aliphatic carbocycles. The Kier molecular flexibility index (Phi) is 4.56. The first-order chi connectivity index (χ1) is 14.9. The highest BCUT2D eigenvalue weighted by atomic mass is 16.6. The number of carbonyl (C=O) groups is 1. The van der Waals surface area contributed by atoms with Crippen molar-refractivity contribution in [1.82, 2.24) is 15.1 Å². The van der Waals surface area contributed by atoms with Gasteiger partial charge in [-0.05, 0) is 70.7 Å². The summed E-state index contributed by atoms with van der Waals surface area (Å²) < 4.78 is 33.2. The summed E-state index contributed by atoms with van der Waals surface area (Å²) >= 11 is 0. The molecule has 3 heterocycles. The van der Waals surface area contributed by atoms with Gasteiger partial charge in [0.25, 0.3) is 0 Å². The molecule has 3 aliphatic rings. The van der Waals surface area contributed by atoms with Gasteiger partial charge >= 0.3 is 6.09 Å². The van der Waals surface area contributed by atoms with Crippen LogP contribution in [0.2, 0.25) is 0 Å². The van der Waals surface area contributed by atoms with E-state index in [0.717, 1.165) is 36.9 Å². The van der Waals surface area contributed by atoms with Crippen molar-refractivity contribution in [3.8, 4) is 5.75 Å². The third-order valence-corrected chi connectivity index (χ3v) is 6.53. The van der Waals surface area contributed by atoms with E-state index in [1.165, 1.54) is 0 Å². The van der Waals surface area contributed by atoms with Crippen LogP contribution in [0.25, 0.3) is 0 Å². The molecule has 1 aromatic carbocycles. The van der Waals surface area contributed by atoms with E-state index in [1.807, 2.05) is 38.7 Å². The van der Waals surface area contributed by atoms with Crippen molar-refractivity contribution < 1.29 is 18.4 Å². The van der Waals surface area contributed by atoms with Gasteiger partial charge in [0.05, 0.1) is 11.2 Å². The molecular weight excluding hydrogens is 366 g/mol. The van der Waals surface area contributed by atoms with E-state index >= 15 is 0 Å². The Balaban J connectivity index is 1.52. The van der Waals surface area contributed by atoms with Gasteiger partial charge in [0.1, 0.15) is 11.4 Å². The number of amides is 1. The van der Waals surface area contributed by atoms with E-state index in [-0.39, 0.29) is 12.1 Å². The van der Waals surface area contributed by atoms with Crippen LogP contribution in [0.4, 0.5) is 4.79 Å². The second-order valence-corrected chi connectivity index (χ2v) is 9.58. The van der Waals surface area contributed by atoms with Gasteiger partial charge in [-0.2, -0.15) is 0 Å². The van der Waals surface area contributed by atoms with Crippen molar-refractivity contribution in [1.29, 1.82) is 0 Å². The van der Waals surface area contributed by atoms with Gasteiger partial charge in [-0.25, -0.2) is 4.79 Å². The number of carbonyl (C=O) groups excluding carboxylic acids is 1. The largest absolute Gasteiger partial charge is 0.496 e. The van der Waals surface area contributed by atoms with E-state index in [9.17, 15) is 4.79 Å². The number of benzene rings is 1. The summed E-state index contributed by atoms with van der Waals surface area (Å²) in [5, 5.41) is 3.64. The highest BCUT2D eigenvalue weighted by molar-refractivity contribution is 5.68. The minimum Gasteiger partial charge on any atom is -0.496 e. The van der Waals surface area contributed by atoms with Crippen LogP contribution in [0, 0.1) is 6.92 Å². The summed E-state index contributed by atoms with van der Waals surface area (Å²) in [4.78, 5) is 17.1. The predicted molar refractivity (Wildman–Crippen MR) is 113 cm³/mol. The lowest BCUT2D eigenvalue weighted by Gasteiger charge is -2.45. The van der Waals surface area contributed by atoms with Gasteiger partial charge < -0.3 is 19.7 Å². The number of nitrogens with zero attached hydrogens (tertiary/aromatic N) is 2. The SMILES string of the molecule is [2H]C([2H])([2H])Oc1cccc([C@H]2NCC[C@H]2N2C3CCC2CN(C(=O)OC(C)(C)C)C3)c1C. The first-order valence-electron chi connectivity index (χ1n) is 12.2.